The Labute approximate surface area is 215 Å². The fourth-order valence-electron chi connectivity index (χ4n) is 4.36. The van der Waals surface area contributed by atoms with Crippen molar-refractivity contribution in [1.29, 1.82) is 0 Å². The van der Waals surface area contributed by atoms with Crippen molar-refractivity contribution >= 4 is 5.91 Å². The smallest absolute Gasteiger partial charge is 0.251 e. The molecule has 0 bridgehead atoms. The summed E-state index contributed by atoms with van der Waals surface area (Å²) in [5.41, 5.74) is 6.35. The van der Waals surface area contributed by atoms with E-state index in [1.54, 1.807) is 6.20 Å². The Balaban J connectivity index is 2.21. The number of hydrogen-bond acceptors (Lipinski definition) is 4. The first-order valence-electron chi connectivity index (χ1n) is 12.3. The summed E-state index contributed by atoms with van der Waals surface area (Å²) in [6.45, 7) is 6.81. The predicted octanol–water partition coefficient (Wildman–Crippen LogP) is 4.86. The maximum atomic E-state index is 14.7. The van der Waals surface area contributed by atoms with Gasteiger partial charge in [0, 0.05) is 30.9 Å². The third-order valence-corrected chi connectivity index (χ3v) is 6.16. The summed E-state index contributed by atoms with van der Waals surface area (Å²) in [7, 11) is 0. The fraction of sp³-hybridized carbons (Fsp3) is 0.429. The second-order valence-corrected chi connectivity index (χ2v) is 10.4. The highest BCUT2D eigenvalue weighted by Gasteiger charge is 2.39. The standard InChI is InChI=1S/C28H35F3N4O2/c1-18(36)27(37)35(13-12-21(32)15-29)25(28(2,3)4)26-33-24(22-14-20(30)10-11-23(22)31)17-34(26)16-19-8-6-5-7-9-19/h5-11,14,17-18,21,25,36H,12-13,15-16,32H2,1-4H3/t18-,21+,25-/m0/s1. The van der Waals surface area contributed by atoms with Crippen LogP contribution in [0.4, 0.5) is 13.2 Å². The summed E-state index contributed by atoms with van der Waals surface area (Å²) >= 11 is 0. The third kappa shape index (κ3) is 6.99. The maximum Gasteiger partial charge on any atom is 0.251 e. The van der Waals surface area contributed by atoms with Gasteiger partial charge in [0.15, 0.2) is 0 Å². The number of aliphatic hydroxyl groups excluding tert-OH is 1. The number of nitrogens with two attached hydrogens (primary N) is 1. The number of aromatic nitrogens is 2. The van der Waals surface area contributed by atoms with Crippen LogP contribution in [0.15, 0.2) is 54.7 Å². The zero-order valence-corrected chi connectivity index (χ0v) is 21.7. The summed E-state index contributed by atoms with van der Waals surface area (Å²) < 4.78 is 43.7. The van der Waals surface area contributed by atoms with Crippen LogP contribution in [0, 0.1) is 17.0 Å². The Kier molecular flexibility index (Phi) is 9.15. The lowest BCUT2D eigenvalue weighted by Gasteiger charge is -2.41. The summed E-state index contributed by atoms with van der Waals surface area (Å²) in [4.78, 5) is 19.4. The second-order valence-electron chi connectivity index (χ2n) is 10.4. The van der Waals surface area contributed by atoms with Crippen molar-refractivity contribution in [3.63, 3.8) is 0 Å². The Morgan fingerprint density at radius 2 is 1.84 bits per heavy atom. The van der Waals surface area contributed by atoms with Crippen LogP contribution >= 0.6 is 0 Å². The molecular weight excluding hydrogens is 481 g/mol. The van der Waals surface area contributed by atoms with E-state index in [0.717, 1.165) is 23.8 Å². The Morgan fingerprint density at radius 1 is 1.16 bits per heavy atom. The minimum atomic E-state index is -1.32. The summed E-state index contributed by atoms with van der Waals surface area (Å²) in [6.07, 6.45) is 0.493. The molecule has 37 heavy (non-hydrogen) atoms. The van der Waals surface area contributed by atoms with Crippen LogP contribution in [-0.2, 0) is 11.3 Å². The van der Waals surface area contributed by atoms with Crippen LogP contribution in [0.5, 0.6) is 0 Å². The average Bonchev–Trinajstić information content (AvgIpc) is 3.24. The van der Waals surface area contributed by atoms with Crippen LogP contribution in [0.1, 0.15) is 51.5 Å². The van der Waals surface area contributed by atoms with E-state index in [0.29, 0.717) is 12.4 Å². The second kappa shape index (κ2) is 11.9. The third-order valence-electron chi connectivity index (χ3n) is 6.16. The van der Waals surface area contributed by atoms with Crippen molar-refractivity contribution in [3.8, 4) is 11.3 Å². The van der Waals surface area contributed by atoms with Gasteiger partial charge in [-0.1, -0.05) is 51.1 Å². The molecule has 0 fully saturated rings. The monoisotopic (exact) mass is 516 g/mol. The summed E-state index contributed by atoms with van der Waals surface area (Å²) in [5, 5.41) is 10.2. The van der Waals surface area contributed by atoms with E-state index in [-0.39, 0.29) is 24.2 Å². The molecular formula is C28H35F3N4O2. The first-order valence-corrected chi connectivity index (χ1v) is 12.3. The van der Waals surface area contributed by atoms with Crippen molar-refractivity contribution in [2.45, 2.75) is 58.8 Å². The lowest BCUT2D eigenvalue weighted by molar-refractivity contribution is -0.145. The largest absolute Gasteiger partial charge is 0.384 e. The molecule has 0 saturated heterocycles. The Morgan fingerprint density at radius 3 is 2.43 bits per heavy atom. The van der Waals surface area contributed by atoms with Crippen molar-refractivity contribution < 1.29 is 23.1 Å². The van der Waals surface area contributed by atoms with Crippen LogP contribution in [0.3, 0.4) is 0 Å². The number of carbonyl (C=O) groups is 1. The van der Waals surface area contributed by atoms with E-state index in [4.69, 9.17) is 10.7 Å². The Hall–Kier alpha value is -3.17. The highest BCUT2D eigenvalue weighted by atomic mass is 19.1. The molecule has 3 atom stereocenters. The first kappa shape index (κ1) is 28.4. The minimum absolute atomic E-state index is 0.00595. The van der Waals surface area contributed by atoms with Crippen LogP contribution in [-0.4, -0.2) is 50.8 Å². The normalized spacial score (nSPS) is 14.3. The first-order chi connectivity index (χ1) is 17.4. The number of benzene rings is 2. The number of nitrogens with zero attached hydrogens (tertiary/aromatic N) is 3. The van der Waals surface area contributed by atoms with Crippen molar-refractivity contribution in [1.82, 2.24) is 14.5 Å². The van der Waals surface area contributed by atoms with Gasteiger partial charge in [0.2, 0.25) is 0 Å². The molecule has 0 radical (unpaired) electrons. The van der Waals surface area contributed by atoms with Gasteiger partial charge in [-0.15, -0.1) is 0 Å². The minimum Gasteiger partial charge on any atom is -0.384 e. The molecule has 200 valence electrons. The molecule has 0 saturated carbocycles. The molecule has 0 unspecified atom stereocenters. The van der Waals surface area contributed by atoms with E-state index >= 15 is 0 Å². The number of rotatable bonds is 10. The average molecular weight is 517 g/mol. The molecule has 1 heterocycles. The molecule has 3 N–H and O–H groups in total. The number of alkyl halides is 1. The molecule has 6 nitrogen and oxygen atoms in total. The topological polar surface area (TPSA) is 84.4 Å². The fourth-order valence-corrected chi connectivity index (χ4v) is 4.36. The molecule has 0 aliphatic rings. The van der Waals surface area contributed by atoms with Gasteiger partial charge >= 0.3 is 0 Å². The van der Waals surface area contributed by atoms with Crippen LogP contribution in [0.25, 0.3) is 11.3 Å². The highest BCUT2D eigenvalue weighted by Crippen LogP contribution is 2.40. The number of carbonyl (C=O) groups excluding carboxylic acids is 1. The van der Waals surface area contributed by atoms with Gasteiger partial charge in [-0.3, -0.25) is 4.79 Å². The van der Waals surface area contributed by atoms with Crippen LogP contribution < -0.4 is 5.73 Å². The maximum absolute atomic E-state index is 14.7. The Bertz CT molecular complexity index is 1190. The number of imidazole rings is 1. The summed E-state index contributed by atoms with van der Waals surface area (Å²) in [6, 6.07) is 11.2. The summed E-state index contributed by atoms with van der Waals surface area (Å²) in [5.74, 6) is -1.36. The number of amides is 1. The SMILES string of the molecule is C[C@H](O)C(=O)N(CC[C@@H](N)CF)[C@@H](c1nc(-c2cc(F)ccc2F)cn1Cc1ccccc1)C(C)(C)C. The van der Waals surface area contributed by atoms with E-state index < -0.39 is 47.8 Å². The van der Waals surface area contributed by atoms with Gasteiger partial charge in [0.25, 0.3) is 5.91 Å². The molecule has 0 spiro atoms. The molecule has 2 aromatic carbocycles. The van der Waals surface area contributed by atoms with Crippen molar-refractivity contribution in [2.24, 2.45) is 11.1 Å². The molecule has 0 aliphatic heterocycles. The van der Waals surface area contributed by atoms with Crippen molar-refractivity contribution in [2.75, 3.05) is 13.2 Å². The molecule has 9 heteroatoms. The van der Waals surface area contributed by atoms with Gasteiger partial charge in [0.05, 0.1) is 11.7 Å². The van der Waals surface area contributed by atoms with Gasteiger partial charge < -0.3 is 20.3 Å². The van der Waals surface area contributed by atoms with Crippen molar-refractivity contribution in [3.05, 3.63) is 77.8 Å². The molecule has 1 aromatic heterocycles. The number of aliphatic hydroxyl groups is 1. The van der Waals surface area contributed by atoms with Gasteiger partial charge in [-0.25, -0.2) is 18.2 Å². The van der Waals surface area contributed by atoms with Gasteiger partial charge in [0.1, 0.15) is 30.2 Å². The molecule has 1 amide bonds. The predicted molar refractivity (Wildman–Crippen MR) is 137 cm³/mol. The van der Waals surface area contributed by atoms with E-state index in [9.17, 15) is 23.1 Å². The molecule has 3 rings (SSSR count). The zero-order valence-electron chi connectivity index (χ0n) is 21.7. The molecule has 0 aliphatic carbocycles. The van der Waals surface area contributed by atoms with Gasteiger partial charge in [-0.2, -0.15) is 0 Å². The quantitative estimate of drug-likeness (QED) is 0.403. The highest BCUT2D eigenvalue weighted by molar-refractivity contribution is 5.80. The van der Waals surface area contributed by atoms with Crippen LogP contribution in [0.2, 0.25) is 0 Å². The number of hydrogen-bond donors (Lipinski definition) is 2. The number of halogens is 3. The molecule has 3 aromatic rings. The van der Waals surface area contributed by atoms with Gasteiger partial charge in [-0.05, 0) is 42.5 Å². The van der Waals surface area contributed by atoms with E-state index in [2.05, 4.69) is 0 Å². The van der Waals surface area contributed by atoms with E-state index in [1.807, 2.05) is 55.7 Å². The lowest BCUT2D eigenvalue weighted by Crippen LogP contribution is -2.47. The zero-order chi connectivity index (χ0) is 27.3. The van der Waals surface area contributed by atoms with E-state index in [1.165, 1.54) is 11.8 Å². The lowest BCUT2D eigenvalue weighted by atomic mass is 9.84.